The molecular formula is C36H30O5. The fraction of sp³-hybridized carbons (Fsp3) is 0.0833. The Morgan fingerprint density at radius 3 is 1.54 bits per heavy atom. The van der Waals surface area contributed by atoms with Gasteiger partial charge in [-0.15, -0.1) is 0 Å². The molecule has 0 radical (unpaired) electrons. The van der Waals surface area contributed by atoms with E-state index >= 15 is 0 Å². The quantitative estimate of drug-likeness (QED) is 0.109. The lowest BCUT2D eigenvalue weighted by Gasteiger charge is -2.08. The molecule has 0 aliphatic carbocycles. The van der Waals surface area contributed by atoms with Gasteiger partial charge >= 0.3 is 0 Å². The van der Waals surface area contributed by atoms with Crippen LogP contribution in [0, 0.1) is 6.92 Å². The molecule has 41 heavy (non-hydrogen) atoms. The number of carbonyl (C=O) groups is 3. The van der Waals surface area contributed by atoms with Gasteiger partial charge in [0.05, 0.1) is 7.11 Å². The molecule has 4 rings (SSSR count). The molecule has 0 atom stereocenters. The van der Waals surface area contributed by atoms with Crippen molar-refractivity contribution in [3.05, 3.63) is 161 Å². The van der Waals surface area contributed by atoms with Crippen LogP contribution in [0.5, 0.6) is 17.2 Å². The van der Waals surface area contributed by atoms with Crippen molar-refractivity contribution in [2.45, 2.75) is 13.8 Å². The third-order valence-corrected chi connectivity index (χ3v) is 6.46. The van der Waals surface area contributed by atoms with Crippen LogP contribution in [-0.4, -0.2) is 24.5 Å². The maximum atomic E-state index is 13.1. The lowest BCUT2D eigenvalue weighted by molar-refractivity contribution is 0.102. The molecule has 0 N–H and O–H groups in total. The van der Waals surface area contributed by atoms with E-state index in [-0.39, 0.29) is 17.3 Å². The first-order valence-electron chi connectivity index (χ1n) is 13.0. The summed E-state index contributed by atoms with van der Waals surface area (Å²) in [6, 6.07) is 27.9. The Labute approximate surface area is 240 Å². The highest BCUT2D eigenvalue weighted by molar-refractivity contribution is 6.12. The first-order valence-corrected chi connectivity index (χ1v) is 13.0. The molecule has 4 aromatic carbocycles. The Morgan fingerprint density at radius 1 is 0.610 bits per heavy atom. The van der Waals surface area contributed by atoms with Crippen LogP contribution in [0.15, 0.2) is 133 Å². The molecule has 0 fully saturated rings. The predicted molar refractivity (Wildman–Crippen MR) is 161 cm³/mol. The summed E-state index contributed by atoms with van der Waals surface area (Å²) < 4.78 is 11.1. The number of ether oxygens (including phenoxy) is 2. The summed E-state index contributed by atoms with van der Waals surface area (Å²) in [4.78, 5) is 38.5. The lowest BCUT2D eigenvalue weighted by atomic mass is 9.99. The summed E-state index contributed by atoms with van der Waals surface area (Å²) in [6.07, 6.45) is 4.87. The minimum absolute atomic E-state index is 0.0982. The summed E-state index contributed by atoms with van der Waals surface area (Å²) in [5.41, 5.74) is 3.93. The number of hydrogen-bond donors (Lipinski definition) is 0. The minimum Gasteiger partial charge on any atom is -0.497 e. The standard InChI is InChI=1S/C36H30O5/c1-5-26(11-8-25(3)34(37)27-9-6-24(2)7-10-27)35(38)28-14-20-32(21-15-28)41-33-22-16-30(17-23-33)36(39)29-12-18-31(40-4)19-13-29/h5-23H,3H2,1-2,4H3/b11-8-,26-5+. The summed E-state index contributed by atoms with van der Waals surface area (Å²) in [5.74, 6) is 1.32. The van der Waals surface area contributed by atoms with E-state index in [9.17, 15) is 14.4 Å². The van der Waals surface area contributed by atoms with E-state index in [0.29, 0.717) is 50.6 Å². The number of ketones is 3. The van der Waals surface area contributed by atoms with E-state index in [1.807, 2.05) is 19.1 Å². The van der Waals surface area contributed by atoms with Gasteiger partial charge in [-0.1, -0.05) is 54.6 Å². The van der Waals surface area contributed by atoms with Crippen LogP contribution in [0.25, 0.3) is 0 Å². The van der Waals surface area contributed by atoms with Crippen LogP contribution >= 0.6 is 0 Å². The molecule has 0 aliphatic heterocycles. The second-order valence-electron chi connectivity index (χ2n) is 9.34. The molecule has 204 valence electrons. The number of rotatable bonds is 11. The summed E-state index contributed by atoms with van der Waals surface area (Å²) in [6.45, 7) is 7.59. The minimum atomic E-state index is -0.191. The Kier molecular flexibility index (Phi) is 9.23. The third kappa shape index (κ3) is 7.22. The molecule has 0 saturated carbocycles. The molecule has 4 aromatic rings. The number of hydrogen-bond acceptors (Lipinski definition) is 5. The van der Waals surface area contributed by atoms with Gasteiger partial charge in [-0.25, -0.2) is 0 Å². The van der Waals surface area contributed by atoms with Crippen molar-refractivity contribution in [1.82, 2.24) is 0 Å². The number of carbonyl (C=O) groups excluding carboxylic acids is 3. The van der Waals surface area contributed by atoms with Gasteiger partial charge in [0.15, 0.2) is 17.3 Å². The van der Waals surface area contributed by atoms with Crippen molar-refractivity contribution in [1.29, 1.82) is 0 Å². The number of aryl methyl sites for hydroxylation is 1. The maximum Gasteiger partial charge on any atom is 0.193 e. The molecule has 0 saturated heterocycles. The summed E-state index contributed by atoms with van der Waals surface area (Å²) >= 11 is 0. The monoisotopic (exact) mass is 542 g/mol. The fourth-order valence-electron chi connectivity index (χ4n) is 4.02. The van der Waals surface area contributed by atoms with Gasteiger partial charge in [0.2, 0.25) is 0 Å². The van der Waals surface area contributed by atoms with Crippen molar-refractivity contribution in [3.8, 4) is 17.2 Å². The van der Waals surface area contributed by atoms with E-state index < -0.39 is 0 Å². The molecule has 0 aromatic heterocycles. The van der Waals surface area contributed by atoms with Gasteiger partial charge in [0.1, 0.15) is 17.2 Å². The third-order valence-electron chi connectivity index (χ3n) is 6.46. The number of methoxy groups -OCH3 is 1. The van der Waals surface area contributed by atoms with Crippen LogP contribution in [0.4, 0.5) is 0 Å². The zero-order valence-corrected chi connectivity index (χ0v) is 23.2. The highest BCUT2D eigenvalue weighted by Crippen LogP contribution is 2.24. The van der Waals surface area contributed by atoms with E-state index in [1.165, 1.54) is 0 Å². The Hall–Kier alpha value is -5.29. The van der Waals surface area contributed by atoms with Crippen LogP contribution in [-0.2, 0) is 0 Å². The van der Waals surface area contributed by atoms with E-state index in [0.717, 1.165) is 5.56 Å². The zero-order valence-electron chi connectivity index (χ0n) is 23.2. The van der Waals surface area contributed by atoms with Gasteiger partial charge in [0.25, 0.3) is 0 Å². The molecule has 0 aliphatic rings. The molecule has 0 unspecified atom stereocenters. The average Bonchev–Trinajstić information content (AvgIpc) is 3.01. The van der Waals surface area contributed by atoms with Crippen LogP contribution in [0.2, 0.25) is 0 Å². The van der Waals surface area contributed by atoms with Gasteiger partial charge in [-0.2, -0.15) is 0 Å². The zero-order chi connectivity index (χ0) is 29.4. The number of allylic oxidation sites excluding steroid dienone is 5. The Balaban J connectivity index is 1.37. The smallest absolute Gasteiger partial charge is 0.193 e. The van der Waals surface area contributed by atoms with E-state index in [4.69, 9.17) is 9.47 Å². The van der Waals surface area contributed by atoms with Gasteiger partial charge in [-0.3, -0.25) is 14.4 Å². The number of benzene rings is 4. The topological polar surface area (TPSA) is 69.7 Å². The molecule has 5 nitrogen and oxygen atoms in total. The Morgan fingerprint density at radius 2 is 1.05 bits per heavy atom. The largest absolute Gasteiger partial charge is 0.497 e. The summed E-state index contributed by atoms with van der Waals surface area (Å²) in [7, 11) is 1.58. The van der Waals surface area contributed by atoms with Gasteiger partial charge in [-0.05, 0) is 86.6 Å². The van der Waals surface area contributed by atoms with Crippen molar-refractivity contribution >= 4 is 17.3 Å². The molecule has 0 amide bonds. The predicted octanol–water partition coefficient (Wildman–Crippen LogP) is 8.15. The number of Topliss-reactive ketones (excluding diaryl/α,β-unsaturated/α-hetero) is 2. The normalized spacial score (nSPS) is 11.2. The van der Waals surface area contributed by atoms with Gasteiger partial charge in [0, 0.05) is 33.4 Å². The van der Waals surface area contributed by atoms with Crippen molar-refractivity contribution in [2.24, 2.45) is 0 Å². The van der Waals surface area contributed by atoms with Crippen LogP contribution < -0.4 is 9.47 Å². The first-order chi connectivity index (χ1) is 19.8. The molecule has 5 heteroatoms. The van der Waals surface area contributed by atoms with Gasteiger partial charge < -0.3 is 9.47 Å². The highest BCUT2D eigenvalue weighted by atomic mass is 16.5. The van der Waals surface area contributed by atoms with Crippen LogP contribution in [0.3, 0.4) is 0 Å². The van der Waals surface area contributed by atoms with Crippen LogP contribution in [0.1, 0.15) is 49.1 Å². The second kappa shape index (κ2) is 13.2. The first kappa shape index (κ1) is 28.7. The average molecular weight is 543 g/mol. The summed E-state index contributed by atoms with van der Waals surface area (Å²) in [5, 5.41) is 0. The van der Waals surface area contributed by atoms with Crippen molar-refractivity contribution in [2.75, 3.05) is 7.11 Å². The maximum absolute atomic E-state index is 13.1. The van der Waals surface area contributed by atoms with Crippen molar-refractivity contribution < 1.29 is 23.9 Å². The molecule has 0 spiro atoms. The van der Waals surface area contributed by atoms with E-state index in [2.05, 4.69) is 6.58 Å². The SMILES string of the molecule is C=C(/C=C\C(=C/C)C(=O)c1ccc(Oc2ccc(C(=O)c3ccc(OC)cc3)cc2)cc1)C(=O)c1ccc(C)cc1. The molecular weight excluding hydrogens is 512 g/mol. The van der Waals surface area contributed by atoms with Crippen molar-refractivity contribution in [3.63, 3.8) is 0 Å². The lowest BCUT2D eigenvalue weighted by Crippen LogP contribution is -2.03. The molecule has 0 heterocycles. The van der Waals surface area contributed by atoms with E-state index in [1.54, 1.807) is 117 Å². The fourth-order valence-corrected chi connectivity index (χ4v) is 4.02. The highest BCUT2D eigenvalue weighted by Gasteiger charge is 2.13. The Bertz CT molecular complexity index is 1620. The second-order valence-corrected chi connectivity index (χ2v) is 9.34. The molecule has 0 bridgehead atoms.